The standard InChI is InChI=1S/C20H25N5O/c1-25(2)17(13-16-9-5-4-6-10-16)14-22-20(23-15-21)24-18-11-7-8-12-19(18)26-3/h4-12,17H,13-14H2,1-3H3,(H2,22,23,24)/t17-/m0/s1. The third kappa shape index (κ3) is 5.80. The average molecular weight is 351 g/mol. The number of nitriles is 1. The highest BCUT2D eigenvalue weighted by Crippen LogP contribution is 2.22. The molecule has 0 radical (unpaired) electrons. The van der Waals surface area contributed by atoms with Crippen molar-refractivity contribution in [2.75, 3.05) is 33.1 Å². The Morgan fingerprint density at radius 3 is 2.50 bits per heavy atom. The second kappa shape index (κ2) is 10.1. The van der Waals surface area contributed by atoms with Gasteiger partial charge in [0.1, 0.15) is 5.75 Å². The summed E-state index contributed by atoms with van der Waals surface area (Å²) in [6, 6.07) is 18.0. The molecule has 0 aliphatic carbocycles. The van der Waals surface area contributed by atoms with Gasteiger partial charge < -0.3 is 15.0 Å². The van der Waals surface area contributed by atoms with Crippen molar-refractivity contribution in [3.63, 3.8) is 0 Å². The smallest absolute Gasteiger partial charge is 0.209 e. The molecule has 0 fully saturated rings. The third-order valence-corrected chi connectivity index (χ3v) is 4.04. The number of methoxy groups -OCH3 is 1. The van der Waals surface area contributed by atoms with Crippen molar-refractivity contribution in [2.24, 2.45) is 4.99 Å². The molecule has 2 rings (SSSR count). The van der Waals surface area contributed by atoms with Crippen LogP contribution in [0.3, 0.4) is 0 Å². The fourth-order valence-electron chi connectivity index (χ4n) is 2.53. The molecule has 0 bridgehead atoms. The summed E-state index contributed by atoms with van der Waals surface area (Å²) < 4.78 is 5.33. The Labute approximate surface area is 155 Å². The average Bonchev–Trinajstić information content (AvgIpc) is 2.66. The number of nitrogens with zero attached hydrogens (tertiary/aromatic N) is 3. The molecule has 0 aliphatic heterocycles. The van der Waals surface area contributed by atoms with Crippen molar-refractivity contribution in [1.82, 2.24) is 10.2 Å². The van der Waals surface area contributed by atoms with Crippen LogP contribution in [-0.2, 0) is 6.42 Å². The fraction of sp³-hybridized carbons (Fsp3) is 0.300. The fourth-order valence-corrected chi connectivity index (χ4v) is 2.53. The normalized spacial score (nSPS) is 12.3. The summed E-state index contributed by atoms with van der Waals surface area (Å²) in [7, 11) is 5.68. The van der Waals surface area contributed by atoms with E-state index in [0.717, 1.165) is 12.1 Å². The van der Waals surface area contributed by atoms with Crippen molar-refractivity contribution in [3.8, 4) is 11.9 Å². The lowest BCUT2D eigenvalue weighted by Crippen LogP contribution is -2.35. The first-order valence-electron chi connectivity index (χ1n) is 8.44. The highest BCUT2D eigenvalue weighted by Gasteiger charge is 2.13. The lowest BCUT2D eigenvalue weighted by Gasteiger charge is -2.23. The van der Waals surface area contributed by atoms with Crippen LogP contribution in [0.25, 0.3) is 0 Å². The molecule has 6 nitrogen and oxygen atoms in total. The van der Waals surface area contributed by atoms with Crippen molar-refractivity contribution in [2.45, 2.75) is 12.5 Å². The molecule has 0 heterocycles. The van der Waals surface area contributed by atoms with Gasteiger partial charge in [-0.3, -0.25) is 10.3 Å². The van der Waals surface area contributed by atoms with E-state index in [1.165, 1.54) is 5.56 Å². The third-order valence-electron chi connectivity index (χ3n) is 4.04. The van der Waals surface area contributed by atoms with Gasteiger partial charge in [-0.25, -0.2) is 0 Å². The minimum atomic E-state index is 0.215. The molecule has 0 unspecified atom stereocenters. The number of ether oxygens (including phenoxy) is 1. The van der Waals surface area contributed by atoms with Crippen molar-refractivity contribution in [3.05, 3.63) is 60.2 Å². The van der Waals surface area contributed by atoms with E-state index in [4.69, 9.17) is 10.00 Å². The van der Waals surface area contributed by atoms with Crippen molar-refractivity contribution < 1.29 is 4.74 Å². The summed E-state index contributed by atoms with van der Waals surface area (Å²) in [6.07, 6.45) is 2.81. The maximum Gasteiger partial charge on any atom is 0.209 e. The van der Waals surface area contributed by atoms with E-state index < -0.39 is 0 Å². The maximum absolute atomic E-state index is 9.03. The van der Waals surface area contributed by atoms with Crippen LogP contribution in [0, 0.1) is 11.5 Å². The van der Waals surface area contributed by atoms with E-state index >= 15 is 0 Å². The predicted molar refractivity (Wildman–Crippen MR) is 105 cm³/mol. The molecule has 0 aromatic heterocycles. The number of likely N-dealkylation sites (N-methyl/N-ethyl adjacent to an activating group) is 1. The van der Waals surface area contributed by atoms with Crippen LogP contribution in [-0.4, -0.2) is 44.7 Å². The molecule has 2 N–H and O–H groups in total. The summed E-state index contributed by atoms with van der Waals surface area (Å²) >= 11 is 0. The van der Waals surface area contributed by atoms with Crippen LogP contribution in [0.15, 0.2) is 59.6 Å². The Kier molecular flexibility index (Phi) is 7.47. The van der Waals surface area contributed by atoms with Gasteiger partial charge in [0.05, 0.1) is 19.3 Å². The van der Waals surface area contributed by atoms with Crippen molar-refractivity contribution in [1.29, 1.82) is 5.26 Å². The predicted octanol–water partition coefficient (Wildman–Crippen LogP) is 2.71. The van der Waals surface area contributed by atoms with E-state index in [2.05, 4.69) is 32.7 Å². The van der Waals surface area contributed by atoms with Crippen LogP contribution in [0.4, 0.5) is 5.69 Å². The second-order valence-corrected chi connectivity index (χ2v) is 6.06. The first-order chi connectivity index (χ1) is 12.6. The van der Waals surface area contributed by atoms with E-state index in [-0.39, 0.29) is 6.04 Å². The van der Waals surface area contributed by atoms with Crippen LogP contribution in [0.1, 0.15) is 5.56 Å². The number of hydrogen-bond acceptors (Lipinski definition) is 4. The van der Waals surface area contributed by atoms with Gasteiger partial charge >= 0.3 is 0 Å². The monoisotopic (exact) mass is 351 g/mol. The van der Waals surface area contributed by atoms with Gasteiger partial charge in [0.25, 0.3) is 0 Å². The SMILES string of the molecule is COc1ccccc1NC(=NC[C@H](Cc1ccccc1)N(C)C)NC#N. The molecule has 2 aromatic rings. The highest BCUT2D eigenvalue weighted by molar-refractivity contribution is 5.95. The van der Waals surface area contributed by atoms with Crippen molar-refractivity contribution >= 4 is 11.6 Å². The molecule has 1 atom stereocenters. The minimum absolute atomic E-state index is 0.215. The van der Waals surface area contributed by atoms with Gasteiger partial charge in [-0.15, -0.1) is 0 Å². The van der Waals surface area contributed by atoms with E-state index in [9.17, 15) is 0 Å². The Bertz CT molecular complexity index is 752. The van der Waals surface area contributed by atoms with E-state index in [0.29, 0.717) is 18.3 Å². The zero-order chi connectivity index (χ0) is 18.8. The summed E-state index contributed by atoms with van der Waals surface area (Å²) in [6.45, 7) is 0.550. The van der Waals surface area contributed by atoms with Gasteiger partial charge in [-0.05, 0) is 38.2 Å². The zero-order valence-corrected chi connectivity index (χ0v) is 15.4. The number of guanidine groups is 1. The van der Waals surface area contributed by atoms with Crippen LogP contribution in [0.5, 0.6) is 5.75 Å². The van der Waals surface area contributed by atoms with Gasteiger partial charge in [0.2, 0.25) is 5.96 Å². The molecule has 0 spiro atoms. The summed E-state index contributed by atoms with van der Waals surface area (Å²) in [5.74, 6) is 1.09. The molecular formula is C20H25N5O. The van der Waals surface area contributed by atoms with Gasteiger partial charge in [0.15, 0.2) is 6.19 Å². The Morgan fingerprint density at radius 1 is 1.15 bits per heavy atom. The number of aliphatic imine (C=N–C) groups is 1. The molecule has 6 heteroatoms. The molecule has 2 aromatic carbocycles. The van der Waals surface area contributed by atoms with Crippen LogP contribution in [0.2, 0.25) is 0 Å². The lowest BCUT2D eigenvalue weighted by molar-refractivity contribution is 0.298. The molecule has 0 saturated carbocycles. The first-order valence-corrected chi connectivity index (χ1v) is 8.44. The van der Waals surface area contributed by atoms with Gasteiger partial charge in [0, 0.05) is 6.04 Å². The molecule has 0 saturated heterocycles. The minimum Gasteiger partial charge on any atom is -0.495 e. The second-order valence-electron chi connectivity index (χ2n) is 6.06. The number of hydrogen-bond donors (Lipinski definition) is 2. The van der Waals surface area contributed by atoms with E-state index in [1.807, 2.05) is 62.8 Å². The largest absolute Gasteiger partial charge is 0.495 e. The van der Waals surface area contributed by atoms with Crippen LogP contribution >= 0.6 is 0 Å². The van der Waals surface area contributed by atoms with E-state index in [1.54, 1.807) is 7.11 Å². The number of nitrogens with one attached hydrogen (secondary N) is 2. The number of rotatable bonds is 7. The van der Waals surface area contributed by atoms with Gasteiger partial charge in [-0.1, -0.05) is 42.5 Å². The Balaban J connectivity index is 2.11. The number of anilines is 1. The Morgan fingerprint density at radius 2 is 1.85 bits per heavy atom. The van der Waals surface area contributed by atoms with Gasteiger partial charge in [-0.2, -0.15) is 5.26 Å². The zero-order valence-electron chi connectivity index (χ0n) is 15.4. The maximum atomic E-state index is 9.03. The van der Waals surface area contributed by atoms with Crippen LogP contribution < -0.4 is 15.4 Å². The number of para-hydroxylation sites is 2. The highest BCUT2D eigenvalue weighted by atomic mass is 16.5. The number of benzene rings is 2. The topological polar surface area (TPSA) is 72.7 Å². The molecular weight excluding hydrogens is 326 g/mol. The molecule has 26 heavy (non-hydrogen) atoms. The summed E-state index contributed by atoms with van der Waals surface area (Å²) in [5, 5.41) is 14.8. The summed E-state index contributed by atoms with van der Waals surface area (Å²) in [5.41, 5.74) is 2.01. The first kappa shape index (κ1) is 19.3. The summed E-state index contributed by atoms with van der Waals surface area (Å²) in [4.78, 5) is 6.72. The molecule has 0 aliphatic rings. The molecule has 0 amide bonds. The molecule has 136 valence electrons. The quantitative estimate of drug-likeness (QED) is 0.347. The lowest BCUT2D eigenvalue weighted by atomic mass is 10.1. The Hall–Kier alpha value is -3.04.